The summed E-state index contributed by atoms with van der Waals surface area (Å²) >= 11 is 3.24. The van der Waals surface area contributed by atoms with Gasteiger partial charge in [0.05, 0.1) is 18.1 Å². The van der Waals surface area contributed by atoms with Gasteiger partial charge in [0.15, 0.2) is 5.69 Å². The van der Waals surface area contributed by atoms with Crippen LogP contribution >= 0.6 is 15.9 Å². The molecule has 2 N–H and O–H groups in total. The van der Waals surface area contributed by atoms with Crippen molar-refractivity contribution in [3.05, 3.63) is 46.6 Å². The van der Waals surface area contributed by atoms with Gasteiger partial charge in [-0.05, 0) is 34.1 Å². The number of hydrogen-bond donors (Lipinski definition) is 2. The first kappa shape index (κ1) is 12.4. The summed E-state index contributed by atoms with van der Waals surface area (Å²) in [6.07, 6.45) is 2.48. The van der Waals surface area contributed by atoms with E-state index in [0.717, 1.165) is 6.20 Å². The molecule has 92 valence electrons. The molecule has 2 rings (SSSR count). The second-order valence-corrected chi connectivity index (χ2v) is 4.20. The van der Waals surface area contributed by atoms with E-state index in [9.17, 15) is 9.18 Å². The van der Waals surface area contributed by atoms with Crippen molar-refractivity contribution in [3.63, 3.8) is 0 Å². The fourth-order valence-corrected chi connectivity index (χ4v) is 1.61. The predicted octanol–water partition coefficient (Wildman–Crippen LogP) is 2.82. The number of benzene rings is 1. The molecule has 5 nitrogen and oxygen atoms in total. The average molecular weight is 312 g/mol. The van der Waals surface area contributed by atoms with Crippen molar-refractivity contribution in [1.29, 1.82) is 0 Å². The van der Waals surface area contributed by atoms with E-state index >= 15 is 0 Å². The lowest BCUT2D eigenvalue weighted by Gasteiger charge is -2.07. The quantitative estimate of drug-likeness (QED) is 0.911. The standard InChI is InChI=1S/C11H7BrFN3O2/c12-7-2-1-6(13)3-8(7)15-10-5-14-4-9(16-10)11(17)18/h1-5H,(H,15,16)(H,17,18). The topological polar surface area (TPSA) is 75.1 Å². The van der Waals surface area contributed by atoms with Gasteiger partial charge in [0.1, 0.15) is 11.6 Å². The number of carboxylic acid groups (broad SMARTS) is 1. The van der Waals surface area contributed by atoms with Crippen LogP contribution in [0.5, 0.6) is 0 Å². The first-order chi connectivity index (χ1) is 8.56. The maximum absolute atomic E-state index is 13.1. The van der Waals surface area contributed by atoms with E-state index < -0.39 is 11.8 Å². The van der Waals surface area contributed by atoms with Gasteiger partial charge >= 0.3 is 5.97 Å². The third kappa shape index (κ3) is 2.80. The van der Waals surface area contributed by atoms with E-state index in [1.54, 1.807) is 0 Å². The summed E-state index contributed by atoms with van der Waals surface area (Å²) in [7, 11) is 0. The summed E-state index contributed by atoms with van der Waals surface area (Å²) in [5.41, 5.74) is 0.249. The Morgan fingerprint density at radius 1 is 1.39 bits per heavy atom. The molecule has 0 saturated carbocycles. The summed E-state index contributed by atoms with van der Waals surface area (Å²) in [5, 5.41) is 11.6. The second-order valence-electron chi connectivity index (χ2n) is 3.34. The Balaban J connectivity index is 2.31. The summed E-state index contributed by atoms with van der Waals surface area (Å²) in [5.74, 6) is -1.37. The maximum Gasteiger partial charge on any atom is 0.356 e. The number of aromatic nitrogens is 2. The smallest absolute Gasteiger partial charge is 0.356 e. The summed E-state index contributed by atoms with van der Waals surface area (Å²) in [4.78, 5) is 18.3. The van der Waals surface area contributed by atoms with Crippen LogP contribution in [-0.2, 0) is 0 Å². The van der Waals surface area contributed by atoms with Crippen LogP contribution in [0.2, 0.25) is 0 Å². The molecular weight excluding hydrogens is 305 g/mol. The third-order valence-electron chi connectivity index (χ3n) is 2.04. The number of carbonyl (C=O) groups is 1. The van der Waals surface area contributed by atoms with E-state index in [4.69, 9.17) is 5.11 Å². The molecule has 0 unspecified atom stereocenters. The number of hydrogen-bond acceptors (Lipinski definition) is 4. The molecule has 1 aromatic heterocycles. The van der Waals surface area contributed by atoms with Crippen LogP contribution in [0.1, 0.15) is 10.5 Å². The van der Waals surface area contributed by atoms with Crippen molar-refractivity contribution in [2.24, 2.45) is 0 Å². The molecule has 0 aliphatic heterocycles. The van der Waals surface area contributed by atoms with Crippen LogP contribution in [0.15, 0.2) is 35.1 Å². The molecule has 0 fully saturated rings. The van der Waals surface area contributed by atoms with E-state index in [1.165, 1.54) is 24.4 Å². The molecule has 7 heteroatoms. The van der Waals surface area contributed by atoms with E-state index in [2.05, 4.69) is 31.2 Å². The Hall–Kier alpha value is -2.02. The fraction of sp³-hybridized carbons (Fsp3) is 0. The minimum atomic E-state index is -1.18. The van der Waals surface area contributed by atoms with E-state index in [-0.39, 0.29) is 11.5 Å². The Morgan fingerprint density at radius 3 is 2.89 bits per heavy atom. The third-order valence-corrected chi connectivity index (χ3v) is 2.74. The minimum Gasteiger partial charge on any atom is -0.476 e. The molecule has 18 heavy (non-hydrogen) atoms. The maximum atomic E-state index is 13.1. The molecule has 1 aromatic carbocycles. The molecule has 0 aliphatic rings. The van der Waals surface area contributed by atoms with Crippen molar-refractivity contribution in [2.75, 3.05) is 5.32 Å². The largest absolute Gasteiger partial charge is 0.476 e. The molecule has 1 heterocycles. The van der Waals surface area contributed by atoms with Crippen LogP contribution in [-0.4, -0.2) is 21.0 Å². The fourth-order valence-electron chi connectivity index (χ4n) is 1.26. The highest BCUT2D eigenvalue weighted by atomic mass is 79.9. The van der Waals surface area contributed by atoms with Gasteiger partial charge in [0.25, 0.3) is 0 Å². The first-order valence-corrected chi connectivity index (χ1v) is 5.63. The highest BCUT2D eigenvalue weighted by Crippen LogP contribution is 2.25. The zero-order valence-electron chi connectivity index (χ0n) is 8.89. The summed E-state index contributed by atoms with van der Waals surface area (Å²) in [6.45, 7) is 0. The minimum absolute atomic E-state index is 0.187. The van der Waals surface area contributed by atoms with Gasteiger partial charge in [-0.25, -0.2) is 14.2 Å². The zero-order valence-corrected chi connectivity index (χ0v) is 10.5. The van der Waals surface area contributed by atoms with Crippen molar-refractivity contribution < 1.29 is 14.3 Å². The lowest BCUT2D eigenvalue weighted by atomic mass is 10.3. The normalized spacial score (nSPS) is 10.1. The molecule has 0 aliphatic carbocycles. The predicted molar refractivity (Wildman–Crippen MR) is 66.4 cm³/mol. The summed E-state index contributed by atoms with van der Waals surface area (Å²) in [6, 6.07) is 4.10. The van der Waals surface area contributed by atoms with Gasteiger partial charge < -0.3 is 10.4 Å². The van der Waals surface area contributed by atoms with Gasteiger partial charge in [-0.15, -0.1) is 0 Å². The number of anilines is 2. The lowest BCUT2D eigenvalue weighted by Crippen LogP contribution is -2.04. The summed E-state index contributed by atoms with van der Waals surface area (Å²) < 4.78 is 13.7. The van der Waals surface area contributed by atoms with Gasteiger partial charge in [0, 0.05) is 4.47 Å². The monoisotopic (exact) mass is 311 g/mol. The SMILES string of the molecule is O=C(O)c1cncc(Nc2cc(F)ccc2Br)n1. The molecule has 0 radical (unpaired) electrons. The molecule has 0 atom stereocenters. The number of nitrogens with one attached hydrogen (secondary N) is 1. The Morgan fingerprint density at radius 2 is 2.17 bits per heavy atom. The van der Waals surface area contributed by atoms with Crippen molar-refractivity contribution in [1.82, 2.24) is 9.97 Å². The van der Waals surface area contributed by atoms with Crippen molar-refractivity contribution >= 4 is 33.4 Å². The van der Waals surface area contributed by atoms with E-state index in [0.29, 0.717) is 10.2 Å². The highest BCUT2D eigenvalue weighted by molar-refractivity contribution is 9.10. The van der Waals surface area contributed by atoms with Crippen LogP contribution in [0.4, 0.5) is 15.9 Å². The molecule has 0 saturated heterocycles. The van der Waals surface area contributed by atoms with E-state index in [1.807, 2.05) is 0 Å². The first-order valence-electron chi connectivity index (χ1n) is 4.83. The molecule has 2 aromatic rings. The van der Waals surface area contributed by atoms with Crippen LogP contribution in [0.25, 0.3) is 0 Å². The van der Waals surface area contributed by atoms with Crippen molar-refractivity contribution in [3.8, 4) is 0 Å². The highest BCUT2D eigenvalue weighted by Gasteiger charge is 2.08. The molecule has 0 bridgehead atoms. The number of halogens is 2. The van der Waals surface area contributed by atoms with Crippen LogP contribution < -0.4 is 5.32 Å². The van der Waals surface area contributed by atoms with Gasteiger partial charge in [-0.1, -0.05) is 0 Å². The molecule has 0 amide bonds. The number of carboxylic acids is 1. The van der Waals surface area contributed by atoms with Gasteiger partial charge in [-0.3, -0.25) is 4.98 Å². The van der Waals surface area contributed by atoms with Gasteiger partial charge in [0.2, 0.25) is 0 Å². The Labute approximate surface area is 110 Å². The number of rotatable bonds is 3. The van der Waals surface area contributed by atoms with Gasteiger partial charge in [-0.2, -0.15) is 0 Å². The number of aromatic carboxylic acids is 1. The Bertz CT molecular complexity index is 607. The van der Waals surface area contributed by atoms with Crippen LogP contribution in [0, 0.1) is 5.82 Å². The zero-order chi connectivity index (χ0) is 13.1. The average Bonchev–Trinajstić information content (AvgIpc) is 2.34. The Kier molecular flexibility index (Phi) is 3.52. The second kappa shape index (κ2) is 5.09. The lowest BCUT2D eigenvalue weighted by molar-refractivity contribution is 0.0690. The van der Waals surface area contributed by atoms with Crippen LogP contribution in [0.3, 0.4) is 0 Å². The molecular formula is C11H7BrFN3O2. The number of nitrogens with zero attached hydrogens (tertiary/aromatic N) is 2. The molecule has 0 spiro atoms. The van der Waals surface area contributed by atoms with Crippen molar-refractivity contribution in [2.45, 2.75) is 0 Å².